The van der Waals surface area contributed by atoms with Crippen LogP contribution in [0.2, 0.25) is 0 Å². The number of hydrogen-bond acceptors (Lipinski definition) is 6. The Morgan fingerprint density at radius 2 is 2.14 bits per heavy atom. The first-order valence-electron chi connectivity index (χ1n) is 12.7. The van der Waals surface area contributed by atoms with Crippen molar-refractivity contribution in [1.29, 1.82) is 0 Å². The van der Waals surface area contributed by atoms with E-state index in [2.05, 4.69) is 47.0 Å². The van der Waals surface area contributed by atoms with Gasteiger partial charge in [-0.2, -0.15) is 0 Å². The Balaban J connectivity index is 1.24. The molecule has 8 heteroatoms. The number of nitrogens with one attached hydrogen (secondary N) is 1. The number of likely N-dealkylation sites (tertiary alicyclic amines) is 1. The average molecular weight is 594 g/mol. The van der Waals surface area contributed by atoms with Gasteiger partial charge in [0, 0.05) is 41.4 Å². The van der Waals surface area contributed by atoms with Crippen molar-refractivity contribution in [3.63, 3.8) is 0 Å². The molecule has 0 saturated carbocycles. The van der Waals surface area contributed by atoms with Crippen LogP contribution in [0.25, 0.3) is 0 Å². The van der Waals surface area contributed by atoms with Gasteiger partial charge < -0.3 is 19.9 Å². The number of alkyl halides is 1. The molecule has 35 heavy (non-hydrogen) atoms. The number of pyridine rings is 1. The zero-order valence-electron chi connectivity index (χ0n) is 20.4. The lowest BCUT2D eigenvalue weighted by atomic mass is 10.0. The molecular formula is C27H36IN3O4. The van der Waals surface area contributed by atoms with E-state index in [1.54, 1.807) is 0 Å². The molecular weight excluding hydrogens is 557 g/mol. The summed E-state index contributed by atoms with van der Waals surface area (Å²) in [4.78, 5) is 19.0. The predicted octanol–water partition coefficient (Wildman–Crippen LogP) is 4.88. The Morgan fingerprint density at radius 1 is 1.29 bits per heavy atom. The minimum Gasteiger partial charge on any atom is -0.492 e. The van der Waals surface area contributed by atoms with Crippen molar-refractivity contribution in [2.24, 2.45) is 0 Å². The van der Waals surface area contributed by atoms with Gasteiger partial charge in [-0.3, -0.25) is 9.69 Å². The largest absolute Gasteiger partial charge is 0.492 e. The van der Waals surface area contributed by atoms with Crippen molar-refractivity contribution in [3.8, 4) is 5.75 Å². The number of hydrogen-bond donors (Lipinski definition) is 2. The van der Waals surface area contributed by atoms with E-state index in [9.17, 15) is 9.90 Å². The molecule has 0 aliphatic carbocycles. The fraction of sp³-hybridized carbons (Fsp3) is 0.556. The molecule has 1 fully saturated rings. The maximum absolute atomic E-state index is 12.3. The smallest absolute Gasteiger partial charge is 0.325 e. The lowest BCUT2D eigenvalue weighted by molar-refractivity contribution is -0.143. The van der Waals surface area contributed by atoms with Crippen LogP contribution in [0.1, 0.15) is 55.5 Å². The first kappa shape index (κ1) is 26.2. The SMILES string of the molecule is CC(I)COc1ccccc1[C@H](C(=O)O)N1CC[C@@H](OCCCCc2ccc3c(n2)NCCC3)C1. The van der Waals surface area contributed by atoms with Crippen molar-refractivity contribution in [1.82, 2.24) is 9.88 Å². The van der Waals surface area contributed by atoms with E-state index in [1.165, 1.54) is 12.0 Å². The van der Waals surface area contributed by atoms with Crippen molar-refractivity contribution < 1.29 is 19.4 Å². The molecule has 4 rings (SSSR count). The maximum Gasteiger partial charge on any atom is 0.325 e. The number of rotatable bonds is 12. The van der Waals surface area contributed by atoms with Gasteiger partial charge in [0.1, 0.15) is 17.6 Å². The summed E-state index contributed by atoms with van der Waals surface area (Å²) in [6.07, 6.45) is 6.13. The summed E-state index contributed by atoms with van der Waals surface area (Å²) in [5.41, 5.74) is 3.17. The highest BCUT2D eigenvalue weighted by Crippen LogP contribution is 2.33. The number of unbranched alkanes of at least 4 members (excludes halogenated alkanes) is 1. The topological polar surface area (TPSA) is 83.9 Å². The summed E-state index contributed by atoms with van der Waals surface area (Å²) in [7, 11) is 0. The number of ether oxygens (including phenoxy) is 2. The highest BCUT2D eigenvalue weighted by Gasteiger charge is 2.35. The standard InChI is InChI=1S/C27H36IN3O4/c1-19(28)18-35-24-10-3-2-9-23(24)25(27(32)33)31-15-13-22(17-31)34-16-5-4-8-21-12-11-20-7-6-14-29-26(20)30-21/h2-3,9-12,19,22,25H,4-8,13-18H2,1H3,(H,29,30)(H,32,33)/t19?,22-,25-/m1/s1. The number of aromatic nitrogens is 1. The number of fused-ring (bicyclic) bond motifs is 1. The molecule has 1 aromatic heterocycles. The lowest BCUT2D eigenvalue weighted by Crippen LogP contribution is -2.34. The number of aryl methyl sites for hydroxylation is 2. The number of nitrogens with zero attached hydrogens (tertiary/aromatic N) is 2. The van der Waals surface area contributed by atoms with Crippen molar-refractivity contribution in [3.05, 3.63) is 53.2 Å². The number of halogens is 1. The van der Waals surface area contributed by atoms with Crippen LogP contribution < -0.4 is 10.1 Å². The average Bonchev–Trinajstić information content (AvgIpc) is 3.31. The predicted molar refractivity (Wildman–Crippen MR) is 146 cm³/mol. The second-order valence-corrected chi connectivity index (χ2v) is 11.6. The monoisotopic (exact) mass is 593 g/mol. The number of carboxylic acids is 1. The molecule has 0 amide bonds. The first-order chi connectivity index (χ1) is 17.0. The van der Waals surface area contributed by atoms with Crippen LogP contribution in [0.5, 0.6) is 5.75 Å². The normalized spacial score (nSPS) is 19.5. The van der Waals surface area contributed by atoms with Crippen LogP contribution in [-0.4, -0.2) is 63.8 Å². The van der Waals surface area contributed by atoms with Crippen LogP contribution in [-0.2, 0) is 22.4 Å². The molecule has 2 aliphatic heterocycles. The van der Waals surface area contributed by atoms with Crippen molar-refractivity contribution in [2.45, 2.75) is 61.5 Å². The van der Waals surface area contributed by atoms with E-state index >= 15 is 0 Å². The molecule has 2 aliphatic rings. The van der Waals surface area contributed by atoms with E-state index in [1.807, 2.05) is 29.2 Å². The third kappa shape index (κ3) is 7.30. The van der Waals surface area contributed by atoms with E-state index in [0.29, 0.717) is 41.5 Å². The van der Waals surface area contributed by atoms with Gasteiger partial charge in [-0.1, -0.05) is 53.8 Å². The van der Waals surface area contributed by atoms with E-state index in [4.69, 9.17) is 14.5 Å². The minimum atomic E-state index is -0.851. The number of para-hydroxylation sites is 1. The third-order valence-corrected chi connectivity index (χ3v) is 6.95. The Bertz CT molecular complexity index is 987. The van der Waals surface area contributed by atoms with Gasteiger partial charge in [-0.05, 0) is 56.2 Å². The second kappa shape index (κ2) is 12.9. The van der Waals surface area contributed by atoms with Gasteiger partial charge in [0.15, 0.2) is 0 Å². The summed E-state index contributed by atoms with van der Waals surface area (Å²) in [5.74, 6) is 0.856. The van der Waals surface area contributed by atoms with Gasteiger partial charge in [-0.15, -0.1) is 0 Å². The quantitative estimate of drug-likeness (QED) is 0.206. The molecule has 1 saturated heterocycles. The summed E-state index contributed by atoms with van der Waals surface area (Å²) in [6.45, 7) is 5.63. The van der Waals surface area contributed by atoms with Crippen LogP contribution in [0.4, 0.5) is 5.82 Å². The number of benzene rings is 1. The molecule has 0 spiro atoms. The minimum absolute atomic E-state index is 0.0605. The van der Waals surface area contributed by atoms with Crippen LogP contribution in [0.15, 0.2) is 36.4 Å². The molecule has 0 bridgehead atoms. The van der Waals surface area contributed by atoms with Crippen molar-refractivity contribution in [2.75, 3.05) is 38.2 Å². The van der Waals surface area contributed by atoms with Crippen LogP contribution in [0.3, 0.4) is 0 Å². The van der Waals surface area contributed by atoms with E-state index in [0.717, 1.165) is 50.2 Å². The molecule has 0 radical (unpaired) electrons. The van der Waals surface area contributed by atoms with Crippen LogP contribution in [0, 0.1) is 0 Å². The zero-order chi connectivity index (χ0) is 24.6. The highest BCUT2D eigenvalue weighted by atomic mass is 127. The molecule has 2 N–H and O–H groups in total. The molecule has 7 nitrogen and oxygen atoms in total. The fourth-order valence-electron chi connectivity index (χ4n) is 4.82. The maximum atomic E-state index is 12.3. The molecule has 190 valence electrons. The molecule has 3 heterocycles. The molecule has 1 aromatic carbocycles. The lowest BCUT2D eigenvalue weighted by Gasteiger charge is -2.26. The Morgan fingerprint density at radius 3 is 2.97 bits per heavy atom. The first-order valence-corrected chi connectivity index (χ1v) is 13.9. The van der Waals surface area contributed by atoms with Gasteiger partial charge in [0.2, 0.25) is 0 Å². The summed E-state index contributed by atoms with van der Waals surface area (Å²) in [5, 5.41) is 13.5. The summed E-state index contributed by atoms with van der Waals surface area (Å²) < 4.78 is 12.4. The second-order valence-electron chi connectivity index (χ2n) is 9.44. The number of anilines is 1. The van der Waals surface area contributed by atoms with Crippen molar-refractivity contribution >= 4 is 34.4 Å². The highest BCUT2D eigenvalue weighted by molar-refractivity contribution is 14.1. The molecule has 3 atom stereocenters. The Hall–Kier alpha value is -1.91. The Kier molecular flexibility index (Phi) is 9.62. The van der Waals surface area contributed by atoms with Gasteiger partial charge in [0.25, 0.3) is 0 Å². The summed E-state index contributed by atoms with van der Waals surface area (Å²) >= 11 is 2.31. The third-order valence-electron chi connectivity index (χ3n) is 6.59. The molecule has 2 aromatic rings. The zero-order valence-corrected chi connectivity index (χ0v) is 22.6. The van der Waals surface area contributed by atoms with Gasteiger partial charge in [0.05, 0.1) is 12.7 Å². The van der Waals surface area contributed by atoms with Gasteiger partial charge in [-0.25, -0.2) is 4.98 Å². The number of carboxylic acid groups (broad SMARTS) is 1. The number of aliphatic carboxylic acids is 1. The fourth-order valence-corrected chi connectivity index (χ4v) is 5.00. The summed E-state index contributed by atoms with van der Waals surface area (Å²) in [6, 6.07) is 11.1. The Labute approximate surface area is 221 Å². The van der Waals surface area contributed by atoms with Gasteiger partial charge >= 0.3 is 5.97 Å². The van der Waals surface area contributed by atoms with E-state index < -0.39 is 12.0 Å². The number of carbonyl (C=O) groups is 1. The van der Waals surface area contributed by atoms with E-state index in [-0.39, 0.29) is 6.10 Å². The van der Waals surface area contributed by atoms with Crippen LogP contribution >= 0.6 is 22.6 Å². The molecule has 1 unspecified atom stereocenters.